The number of nitrogens with zero attached hydrogens (tertiary/aromatic N) is 1. The van der Waals surface area contributed by atoms with Crippen LogP contribution >= 0.6 is 0 Å². The van der Waals surface area contributed by atoms with Crippen molar-refractivity contribution in [2.45, 2.75) is 64.6 Å². The van der Waals surface area contributed by atoms with E-state index in [-0.39, 0.29) is 23.6 Å². The number of hydrogen-bond donors (Lipinski definition) is 1. The van der Waals surface area contributed by atoms with E-state index in [2.05, 4.69) is 41.5 Å². The lowest BCUT2D eigenvalue weighted by molar-refractivity contribution is -0.385. The predicted molar refractivity (Wildman–Crippen MR) is 127 cm³/mol. The van der Waals surface area contributed by atoms with E-state index in [4.69, 9.17) is 14.3 Å². The third-order valence-electron chi connectivity index (χ3n) is 5.98. The Morgan fingerprint density at radius 1 is 1.00 bits per heavy atom. The Kier molecular flexibility index (Phi) is 8.43. The molecule has 0 saturated heterocycles. The lowest BCUT2D eigenvalue weighted by Crippen LogP contribution is -2.50. The van der Waals surface area contributed by atoms with Gasteiger partial charge >= 0.3 is 11.7 Å². The van der Waals surface area contributed by atoms with Crippen molar-refractivity contribution in [1.29, 1.82) is 0 Å². The highest BCUT2D eigenvalue weighted by atomic mass is 28.4. The highest BCUT2D eigenvalue weighted by molar-refractivity contribution is 6.78. The van der Waals surface area contributed by atoms with Gasteiger partial charge in [-0.05, 0) is 40.4 Å². The van der Waals surface area contributed by atoms with Crippen LogP contribution in [0.3, 0.4) is 0 Å². The normalized spacial score (nSPS) is 11.8. The van der Waals surface area contributed by atoms with Gasteiger partial charge in [0.1, 0.15) is 5.75 Å². The molecule has 0 aliphatic heterocycles. The molecular formula is C24H33NO6Si. The van der Waals surface area contributed by atoms with Crippen molar-refractivity contribution in [3.63, 3.8) is 0 Å². The summed E-state index contributed by atoms with van der Waals surface area (Å²) in [4.78, 5) is 21.8. The Morgan fingerprint density at radius 3 is 2.03 bits per heavy atom. The zero-order chi connectivity index (χ0) is 24.1. The summed E-state index contributed by atoms with van der Waals surface area (Å²) in [7, 11) is -2.02. The van der Waals surface area contributed by atoms with E-state index < -0.39 is 19.2 Å². The van der Waals surface area contributed by atoms with Crippen LogP contribution in [0, 0.1) is 10.1 Å². The minimum Gasteiger partial charge on any atom is -0.543 e. The van der Waals surface area contributed by atoms with Crippen LogP contribution in [0.2, 0.25) is 16.6 Å². The van der Waals surface area contributed by atoms with E-state index in [1.54, 1.807) is 0 Å². The molecule has 7 nitrogen and oxygen atoms in total. The van der Waals surface area contributed by atoms with Gasteiger partial charge in [-0.3, -0.25) is 10.1 Å². The largest absolute Gasteiger partial charge is 0.543 e. The average Bonchev–Trinajstić information content (AvgIpc) is 2.71. The van der Waals surface area contributed by atoms with Gasteiger partial charge in [-0.15, -0.1) is 0 Å². The van der Waals surface area contributed by atoms with E-state index >= 15 is 0 Å². The molecule has 0 heterocycles. The molecule has 0 aromatic heterocycles. The zero-order valence-electron chi connectivity index (χ0n) is 19.6. The molecule has 0 unspecified atom stereocenters. The lowest BCUT2D eigenvalue weighted by atomic mass is 10.1. The highest BCUT2D eigenvalue weighted by Gasteiger charge is 2.46. The van der Waals surface area contributed by atoms with Gasteiger partial charge in [0.25, 0.3) is 8.32 Å². The molecule has 174 valence electrons. The number of aromatic carboxylic acids is 1. The summed E-state index contributed by atoms with van der Waals surface area (Å²) < 4.78 is 12.2. The molecule has 1 N–H and O–H groups in total. The number of rotatable bonds is 11. The number of ether oxygens (including phenoxy) is 1. The van der Waals surface area contributed by atoms with Gasteiger partial charge in [0.15, 0.2) is 5.75 Å². The molecule has 0 bridgehead atoms. The summed E-state index contributed by atoms with van der Waals surface area (Å²) in [5.74, 6) is -0.345. The standard InChI is InChI=1S/C24H33NO6Si/c1-16(2)32(17(3)4,18(5)6)31-21-10-7-19(8-11-21)13-14-30-23-15-20(24(26)27)9-12-22(23)25(28)29/h7-12,15-18H,13-14H2,1-6H3,(H,26,27). The first-order valence-electron chi connectivity index (χ1n) is 10.9. The van der Waals surface area contributed by atoms with E-state index in [9.17, 15) is 14.9 Å². The van der Waals surface area contributed by atoms with Gasteiger partial charge in [0, 0.05) is 18.6 Å². The fourth-order valence-electron chi connectivity index (χ4n) is 4.47. The number of nitro benzene ring substituents is 1. The van der Waals surface area contributed by atoms with Crippen LogP contribution in [0.1, 0.15) is 57.5 Å². The van der Waals surface area contributed by atoms with Crippen LogP contribution in [0.15, 0.2) is 42.5 Å². The molecule has 2 aromatic carbocycles. The SMILES string of the molecule is CC(C)[Si](Oc1ccc(CCOc2cc(C(=O)O)ccc2[N+](=O)[O-])cc1)(C(C)C)C(C)C. The number of hydrogen-bond acceptors (Lipinski definition) is 5. The number of nitro groups is 1. The Hall–Kier alpha value is -2.87. The number of benzene rings is 2. The Morgan fingerprint density at radius 2 is 1.56 bits per heavy atom. The summed E-state index contributed by atoms with van der Waals surface area (Å²) in [6.45, 7) is 13.7. The van der Waals surface area contributed by atoms with Gasteiger partial charge < -0.3 is 14.3 Å². The van der Waals surface area contributed by atoms with Crippen molar-refractivity contribution in [2.75, 3.05) is 6.61 Å². The van der Waals surface area contributed by atoms with Crippen molar-refractivity contribution in [3.05, 3.63) is 63.7 Å². The maximum absolute atomic E-state index is 11.2. The molecule has 0 aliphatic carbocycles. The summed E-state index contributed by atoms with van der Waals surface area (Å²) in [6, 6.07) is 11.4. The molecular weight excluding hydrogens is 426 g/mol. The Bertz CT molecular complexity index is 918. The molecule has 2 rings (SSSR count). The van der Waals surface area contributed by atoms with Crippen molar-refractivity contribution in [3.8, 4) is 11.5 Å². The second-order valence-electron chi connectivity index (χ2n) is 8.91. The smallest absolute Gasteiger partial charge is 0.335 e. The second-order valence-corrected chi connectivity index (χ2v) is 14.3. The molecule has 2 aromatic rings. The van der Waals surface area contributed by atoms with Crippen LogP contribution in [-0.2, 0) is 6.42 Å². The molecule has 0 spiro atoms. The molecule has 0 aliphatic rings. The summed E-state index contributed by atoms with van der Waals surface area (Å²) in [5.41, 5.74) is 2.13. The fraction of sp³-hybridized carbons (Fsp3) is 0.458. The molecule has 0 saturated carbocycles. The molecule has 0 fully saturated rings. The maximum atomic E-state index is 11.2. The van der Waals surface area contributed by atoms with Crippen LogP contribution in [0.5, 0.6) is 11.5 Å². The Labute approximate surface area is 190 Å². The Balaban J connectivity index is 2.09. The van der Waals surface area contributed by atoms with E-state index in [1.807, 2.05) is 24.3 Å². The fourth-order valence-corrected chi connectivity index (χ4v) is 9.73. The van der Waals surface area contributed by atoms with Crippen LogP contribution in [-0.4, -0.2) is 30.9 Å². The van der Waals surface area contributed by atoms with Crippen LogP contribution in [0.4, 0.5) is 5.69 Å². The quantitative estimate of drug-likeness (QED) is 0.235. The number of carboxylic acid groups (broad SMARTS) is 1. The molecule has 0 atom stereocenters. The van der Waals surface area contributed by atoms with Crippen molar-refractivity contribution < 1.29 is 24.0 Å². The van der Waals surface area contributed by atoms with Crippen LogP contribution < -0.4 is 9.16 Å². The average molecular weight is 460 g/mol. The van der Waals surface area contributed by atoms with Crippen molar-refractivity contribution in [2.24, 2.45) is 0 Å². The van der Waals surface area contributed by atoms with Crippen molar-refractivity contribution >= 4 is 20.0 Å². The number of carbonyl (C=O) groups is 1. The minimum atomic E-state index is -2.02. The zero-order valence-corrected chi connectivity index (χ0v) is 20.6. The monoisotopic (exact) mass is 459 g/mol. The van der Waals surface area contributed by atoms with Crippen molar-refractivity contribution in [1.82, 2.24) is 0 Å². The topological polar surface area (TPSA) is 98.9 Å². The van der Waals surface area contributed by atoms with Crippen LogP contribution in [0.25, 0.3) is 0 Å². The lowest BCUT2D eigenvalue weighted by Gasteiger charge is -2.42. The van der Waals surface area contributed by atoms with E-state index in [0.29, 0.717) is 23.0 Å². The second kappa shape index (κ2) is 10.6. The first kappa shape index (κ1) is 25.4. The third kappa shape index (κ3) is 5.67. The molecule has 0 radical (unpaired) electrons. The van der Waals surface area contributed by atoms with E-state index in [0.717, 1.165) is 17.4 Å². The molecule has 8 heteroatoms. The summed E-state index contributed by atoms with van der Waals surface area (Å²) in [5, 5.41) is 20.3. The third-order valence-corrected chi connectivity index (χ3v) is 12.0. The van der Waals surface area contributed by atoms with Gasteiger partial charge in [-0.1, -0.05) is 53.7 Å². The first-order valence-corrected chi connectivity index (χ1v) is 13.1. The van der Waals surface area contributed by atoms with Gasteiger partial charge in [0.2, 0.25) is 0 Å². The molecule has 0 amide bonds. The minimum absolute atomic E-state index is 0.0450. The van der Waals surface area contributed by atoms with Gasteiger partial charge in [0.05, 0.1) is 17.1 Å². The highest BCUT2D eigenvalue weighted by Crippen LogP contribution is 2.42. The summed E-state index contributed by atoms with van der Waals surface area (Å²) in [6.07, 6.45) is 0.524. The maximum Gasteiger partial charge on any atom is 0.335 e. The summed E-state index contributed by atoms with van der Waals surface area (Å²) >= 11 is 0. The van der Waals surface area contributed by atoms with Gasteiger partial charge in [-0.25, -0.2) is 4.79 Å². The predicted octanol–water partition coefficient (Wildman–Crippen LogP) is 6.47. The van der Waals surface area contributed by atoms with Gasteiger partial charge in [-0.2, -0.15) is 0 Å². The number of carboxylic acids is 1. The first-order chi connectivity index (χ1) is 15.0. The molecule has 32 heavy (non-hydrogen) atoms. The van der Waals surface area contributed by atoms with E-state index in [1.165, 1.54) is 12.1 Å².